The Balaban J connectivity index is 1.63. The van der Waals surface area contributed by atoms with E-state index >= 15 is 0 Å². The van der Waals surface area contributed by atoms with Crippen LogP contribution in [0.3, 0.4) is 0 Å². The van der Waals surface area contributed by atoms with Crippen LogP contribution in [0.15, 0.2) is 54.7 Å². The third-order valence-electron chi connectivity index (χ3n) is 4.06. The number of carbonyl (C=O) groups is 1. The van der Waals surface area contributed by atoms with Gasteiger partial charge in [0.05, 0.1) is 24.4 Å². The van der Waals surface area contributed by atoms with Gasteiger partial charge in [0.25, 0.3) is 5.91 Å². The minimum atomic E-state index is -4.44. The first-order valence-corrected chi connectivity index (χ1v) is 8.36. The van der Waals surface area contributed by atoms with Gasteiger partial charge in [-0.15, -0.1) is 5.10 Å². The van der Waals surface area contributed by atoms with E-state index in [-0.39, 0.29) is 17.9 Å². The van der Waals surface area contributed by atoms with Crippen molar-refractivity contribution in [1.29, 1.82) is 0 Å². The number of benzene rings is 2. The van der Waals surface area contributed by atoms with Crippen molar-refractivity contribution in [2.45, 2.75) is 25.7 Å². The summed E-state index contributed by atoms with van der Waals surface area (Å²) in [6.45, 7) is 2.04. The maximum absolute atomic E-state index is 12.6. The molecule has 0 spiro atoms. The molecule has 0 saturated carbocycles. The number of aryl methyl sites for hydroxylation is 1. The summed E-state index contributed by atoms with van der Waals surface area (Å²) in [5, 5.41) is 20.3. The van der Waals surface area contributed by atoms with Crippen molar-refractivity contribution in [2.75, 3.05) is 5.32 Å². The fourth-order valence-electron chi connectivity index (χ4n) is 2.50. The number of aliphatic hydroxyl groups excluding tert-OH is 1. The molecule has 28 heavy (non-hydrogen) atoms. The molecule has 3 aromatic rings. The molecule has 6 nitrogen and oxygen atoms in total. The van der Waals surface area contributed by atoms with E-state index in [1.807, 2.05) is 19.1 Å². The smallest absolute Gasteiger partial charge is 0.386 e. The summed E-state index contributed by atoms with van der Waals surface area (Å²) in [6.07, 6.45) is -3.91. The number of hydrogen-bond donors (Lipinski definition) is 2. The number of amides is 1. The number of hydrogen-bond acceptors (Lipinski definition) is 4. The largest absolute Gasteiger partial charge is 0.416 e. The molecule has 0 aliphatic heterocycles. The molecule has 3 rings (SSSR count). The molecule has 0 radical (unpaired) electrons. The van der Waals surface area contributed by atoms with E-state index < -0.39 is 23.8 Å². The summed E-state index contributed by atoms with van der Waals surface area (Å²) in [7, 11) is 0. The second kappa shape index (κ2) is 7.81. The third kappa shape index (κ3) is 4.74. The Labute approximate surface area is 158 Å². The highest BCUT2D eigenvalue weighted by molar-refractivity contribution is 6.02. The van der Waals surface area contributed by atoms with Gasteiger partial charge in [0.15, 0.2) is 5.69 Å². The number of anilines is 1. The molecule has 1 unspecified atom stereocenters. The molecule has 0 fully saturated rings. The number of carbonyl (C=O) groups excluding carboxylic acids is 1. The zero-order valence-corrected chi connectivity index (χ0v) is 14.8. The normalized spacial score (nSPS) is 12.6. The Kier molecular flexibility index (Phi) is 5.46. The monoisotopic (exact) mass is 390 g/mol. The minimum absolute atomic E-state index is 0.0176. The average Bonchev–Trinajstić information content (AvgIpc) is 3.10. The first kappa shape index (κ1) is 19.6. The Morgan fingerprint density at radius 3 is 2.39 bits per heavy atom. The van der Waals surface area contributed by atoms with Crippen molar-refractivity contribution in [1.82, 2.24) is 15.0 Å². The van der Waals surface area contributed by atoms with Gasteiger partial charge in [0.1, 0.15) is 0 Å². The van der Waals surface area contributed by atoms with Crippen LogP contribution >= 0.6 is 0 Å². The van der Waals surface area contributed by atoms with Crippen LogP contribution in [0.4, 0.5) is 18.9 Å². The van der Waals surface area contributed by atoms with E-state index in [1.165, 1.54) is 10.9 Å². The van der Waals surface area contributed by atoms with Gasteiger partial charge in [-0.1, -0.05) is 35.0 Å². The van der Waals surface area contributed by atoms with Gasteiger partial charge in [-0.25, -0.2) is 4.68 Å². The number of alkyl halides is 3. The summed E-state index contributed by atoms with van der Waals surface area (Å²) in [5.41, 5.74) is 1.15. The van der Waals surface area contributed by atoms with Crippen molar-refractivity contribution < 1.29 is 23.1 Å². The minimum Gasteiger partial charge on any atom is -0.386 e. The number of rotatable bonds is 5. The first-order chi connectivity index (χ1) is 13.2. The van der Waals surface area contributed by atoms with Crippen LogP contribution < -0.4 is 5.32 Å². The van der Waals surface area contributed by atoms with E-state index in [1.54, 1.807) is 12.1 Å². The first-order valence-electron chi connectivity index (χ1n) is 8.36. The number of halogens is 3. The lowest BCUT2D eigenvalue weighted by Crippen LogP contribution is -2.13. The molecule has 1 amide bonds. The summed E-state index contributed by atoms with van der Waals surface area (Å²) in [5.74, 6) is -0.615. The molecule has 9 heteroatoms. The maximum atomic E-state index is 12.6. The standard InChI is InChI=1S/C19H17F3N4O2/c1-12-2-4-13(5-3-12)17(27)11-26-10-16(24-25-26)18(28)23-15-8-6-14(7-9-15)19(20,21)22/h2-10,17,27H,11H2,1H3,(H,23,28). The second-order valence-corrected chi connectivity index (χ2v) is 6.28. The number of aliphatic hydroxyl groups is 1. The predicted molar refractivity (Wildman–Crippen MR) is 95.6 cm³/mol. The third-order valence-corrected chi connectivity index (χ3v) is 4.06. The van der Waals surface area contributed by atoms with Gasteiger partial charge in [-0.3, -0.25) is 4.79 Å². The number of aromatic nitrogens is 3. The van der Waals surface area contributed by atoms with Gasteiger partial charge < -0.3 is 10.4 Å². The van der Waals surface area contributed by atoms with E-state index in [0.29, 0.717) is 5.56 Å². The predicted octanol–water partition coefficient (Wildman–Crippen LogP) is 3.59. The van der Waals surface area contributed by atoms with E-state index in [2.05, 4.69) is 15.6 Å². The van der Waals surface area contributed by atoms with Crippen LogP contribution in [-0.4, -0.2) is 26.0 Å². The molecule has 2 N–H and O–H groups in total. The van der Waals surface area contributed by atoms with Crippen LogP contribution in [0.1, 0.15) is 33.3 Å². The summed E-state index contributed by atoms with van der Waals surface area (Å²) in [4.78, 5) is 12.2. The fraction of sp³-hybridized carbons (Fsp3) is 0.211. The Morgan fingerprint density at radius 2 is 1.79 bits per heavy atom. The van der Waals surface area contributed by atoms with Gasteiger partial charge >= 0.3 is 6.18 Å². The van der Waals surface area contributed by atoms with Gasteiger partial charge in [0, 0.05) is 5.69 Å². The highest BCUT2D eigenvalue weighted by atomic mass is 19.4. The molecule has 0 saturated heterocycles. The zero-order chi connectivity index (χ0) is 20.3. The molecule has 1 atom stereocenters. The Hall–Kier alpha value is -3.20. The molecule has 146 valence electrons. The molecular weight excluding hydrogens is 373 g/mol. The molecule has 0 bridgehead atoms. The molecular formula is C19H17F3N4O2. The summed E-state index contributed by atoms with van der Waals surface area (Å²) >= 11 is 0. The molecule has 2 aromatic carbocycles. The fourth-order valence-corrected chi connectivity index (χ4v) is 2.50. The Bertz CT molecular complexity index is 951. The molecule has 0 aliphatic carbocycles. The maximum Gasteiger partial charge on any atom is 0.416 e. The van der Waals surface area contributed by atoms with Crippen LogP contribution in [0.2, 0.25) is 0 Å². The highest BCUT2D eigenvalue weighted by Gasteiger charge is 2.30. The second-order valence-electron chi connectivity index (χ2n) is 6.28. The van der Waals surface area contributed by atoms with Crippen LogP contribution in [-0.2, 0) is 12.7 Å². The number of nitrogens with one attached hydrogen (secondary N) is 1. The lowest BCUT2D eigenvalue weighted by atomic mass is 10.1. The van der Waals surface area contributed by atoms with E-state index in [4.69, 9.17) is 0 Å². The van der Waals surface area contributed by atoms with Gasteiger partial charge in [-0.05, 0) is 36.8 Å². The van der Waals surface area contributed by atoms with Gasteiger partial charge in [-0.2, -0.15) is 13.2 Å². The highest BCUT2D eigenvalue weighted by Crippen LogP contribution is 2.29. The summed E-state index contributed by atoms with van der Waals surface area (Å²) in [6, 6.07) is 11.4. The quantitative estimate of drug-likeness (QED) is 0.698. The van der Waals surface area contributed by atoms with Crippen molar-refractivity contribution in [2.24, 2.45) is 0 Å². The van der Waals surface area contributed by atoms with E-state index in [0.717, 1.165) is 29.8 Å². The van der Waals surface area contributed by atoms with Crippen molar-refractivity contribution in [3.05, 3.63) is 77.1 Å². The van der Waals surface area contributed by atoms with Crippen molar-refractivity contribution in [3.63, 3.8) is 0 Å². The number of nitrogens with zero attached hydrogens (tertiary/aromatic N) is 3. The molecule has 0 aliphatic rings. The Morgan fingerprint density at radius 1 is 1.14 bits per heavy atom. The zero-order valence-electron chi connectivity index (χ0n) is 14.8. The van der Waals surface area contributed by atoms with Gasteiger partial charge in [0.2, 0.25) is 0 Å². The summed E-state index contributed by atoms with van der Waals surface area (Å²) < 4.78 is 39.0. The van der Waals surface area contributed by atoms with Crippen molar-refractivity contribution >= 4 is 11.6 Å². The lowest BCUT2D eigenvalue weighted by Gasteiger charge is -2.10. The molecule has 1 aromatic heterocycles. The SMILES string of the molecule is Cc1ccc(C(O)Cn2cc(C(=O)Nc3ccc(C(F)(F)F)cc3)nn2)cc1. The topological polar surface area (TPSA) is 80.0 Å². The molecule has 1 heterocycles. The van der Waals surface area contributed by atoms with Crippen LogP contribution in [0.25, 0.3) is 0 Å². The average molecular weight is 390 g/mol. The van der Waals surface area contributed by atoms with Crippen LogP contribution in [0, 0.1) is 6.92 Å². The van der Waals surface area contributed by atoms with E-state index in [9.17, 15) is 23.1 Å². The van der Waals surface area contributed by atoms with Crippen LogP contribution in [0.5, 0.6) is 0 Å². The lowest BCUT2D eigenvalue weighted by molar-refractivity contribution is -0.137. The van der Waals surface area contributed by atoms with Crippen molar-refractivity contribution in [3.8, 4) is 0 Å².